The maximum absolute atomic E-state index is 12.6. The van der Waals surface area contributed by atoms with E-state index in [-0.39, 0.29) is 5.82 Å². The van der Waals surface area contributed by atoms with E-state index in [1.165, 1.54) is 23.9 Å². The summed E-state index contributed by atoms with van der Waals surface area (Å²) in [5.74, 6) is -0.240. The molecular formula is C10H6BrFN2S. The molecule has 0 saturated carbocycles. The number of rotatable bonds is 2. The second kappa shape index (κ2) is 4.72. The van der Waals surface area contributed by atoms with E-state index >= 15 is 0 Å². The Bertz CT molecular complexity index is 400. The van der Waals surface area contributed by atoms with Gasteiger partial charge in [0.25, 0.3) is 0 Å². The highest BCUT2D eigenvalue weighted by molar-refractivity contribution is 9.10. The zero-order chi connectivity index (χ0) is 10.7. The van der Waals surface area contributed by atoms with Crippen molar-refractivity contribution in [3.8, 4) is 0 Å². The van der Waals surface area contributed by atoms with Crippen LogP contribution in [0.25, 0.3) is 0 Å². The highest BCUT2D eigenvalue weighted by Crippen LogP contribution is 2.24. The molecule has 1 aromatic heterocycles. The van der Waals surface area contributed by atoms with Gasteiger partial charge >= 0.3 is 0 Å². The van der Waals surface area contributed by atoms with Crippen LogP contribution >= 0.6 is 27.7 Å². The lowest BCUT2D eigenvalue weighted by Crippen LogP contribution is -1.84. The monoisotopic (exact) mass is 284 g/mol. The smallest absolute Gasteiger partial charge is 0.192 e. The van der Waals surface area contributed by atoms with Crippen molar-refractivity contribution < 1.29 is 4.39 Å². The van der Waals surface area contributed by atoms with Gasteiger partial charge in [-0.05, 0) is 52.0 Å². The zero-order valence-electron chi connectivity index (χ0n) is 7.52. The van der Waals surface area contributed by atoms with Crippen LogP contribution in [0.3, 0.4) is 0 Å². The van der Waals surface area contributed by atoms with E-state index < -0.39 is 0 Å². The first-order chi connectivity index (χ1) is 7.24. The van der Waals surface area contributed by atoms with Gasteiger partial charge in [0.15, 0.2) is 5.16 Å². The average molecular weight is 285 g/mol. The number of aromatic nitrogens is 2. The number of benzene rings is 1. The van der Waals surface area contributed by atoms with Crippen LogP contribution in [0.15, 0.2) is 51.2 Å². The molecule has 0 spiro atoms. The number of halogens is 2. The molecule has 2 nitrogen and oxygen atoms in total. The summed E-state index contributed by atoms with van der Waals surface area (Å²) in [7, 11) is 0. The minimum atomic E-state index is -0.240. The normalized spacial score (nSPS) is 10.3. The molecule has 15 heavy (non-hydrogen) atoms. The van der Waals surface area contributed by atoms with Crippen LogP contribution in [0.4, 0.5) is 4.39 Å². The molecule has 0 aliphatic rings. The molecule has 2 aromatic rings. The summed E-state index contributed by atoms with van der Waals surface area (Å²) >= 11 is 4.65. The van der Waals surface area contributed by atoms with Gasteiger partial charge in [-0.3, -0.25) is 0 Å². The third-order valence-corrected chi connectivity index (χ3v) is 2.93. The van der Waals surface area contributed by atoms with Gasteiger partial charge in [0.05, 0.1) is 4.47 Å². The Morgan fingerprint density at radius 1 is 1.07 bits per heavy atom. The Hall–Kier alpha value is -0.940. The molecule has 0 amide bonds. The standard InChI is InChI=1S/C10H6BrFN2S/c11-7-5-13-10(14-6-7)15-9-3-1-8(12)2-4-9/h1-6H. The lowest BCUT2D eigenvalue weighted by Gasteiger charge is -1.99. The van der Waals surface area contributed by atoms with Crippen molar-refractivity contribution in [1.29, 1.82) is 0 Å². The van der Waals surface area contributed by atoms with E-state index in [1.807, 2.05) is 0 Å². The highest BCUT2D eigenvalue weighted by atomic mass is 79.9. The Kier molecular flexibility index (Phi) is 3.33. The summed E-state index contributed by atoms with van der Waals surface area (Å²) in [4.78, 5) is 9.13. The predicted molar refractivity (Wildman–Crippen MR) is 60.3 cm³/mol. The molecule has 0 fully saturated rings. The Balaban J connectivity index is 2.15. The fourth-order valence-corrected chi connectivity index (χ4v) is 1.86. The van der Waals surface area contributed by atoms with Gasteiger partial charge in [0.2, 0.25) is 0 Å². The lowest BCUT2D eigenvalue weighted by molar-refractivity contribution is 0.626. The fourth-order valence-electron chi connectivity index (χ4n) is 0.961. The molecule has 0 saturated heterocycles. The highest BCUT2D eigenvalue weighted by Gasteiger charge is 2.00. The minimum Gasteiger partial charge on any atom is -0.230 e. The summed E-state index contributed by atoms with van der Waals surface area (Å²) in [6.07, 6.45) is 3.36. The molecule has 0 N–H and O–H groups in total. The lowest BCUT2D eigenvalue weighted by atomic mass is 10.4. The summed E-state index contributed by atoms with van der Waals surface area (Å²) in [5.41, 5.74) is 0. The van der Waals surface area contributed by atoms with Gasteiger partial charge in [0.1, 0.15) is 5.82 Å². The molecule has 1 heterocycles. The van der Waals surface area contributed by atoms with Crippen molar-refractivity contribution in [2.75, 3.05) is 0 Å². The van der Waals surface area contributed by atoms with Crippen LogP contribution in [0.1, 0.15) is 0 Å². The second-order valence-electron chi connectivity index (χ2n) is 2.74. The predicted octanol–water partition coefficient (Wildman–Crippen LogP) is 3.53. The van der Waals surface area contributed by atoms with Gasteiger partial charge < -0.3 is 0 Å². The summed E-state index contributed by atoms with van der Waals surface area (Å²) < 4.78 is 13.5. The molecule has 5 heteroatoms. The molecule has 0 unspecified atom stereocenters. The fraction of sp³-hybridized carbons (Fsp3) is 0. The van der Waals surface area contributed by atoms with Gasteiger partial charge in [-0.1, -0.05) is 0 Å². The van der Waals surface area contributed by atoms with Crippen LogP contribution in [-0.2, 0) is 0 Å². The van der Waals surface area contributed by atoms with E-state index in [4.69, 9.17) is 0 Å². The van der Waals surface area contributed by atoms with Crippen LogP contribution in [-0.4, -0.2) is 9.97 Å². The first-order valence-corrected chi connectivity index (χ1v) is 5.76. The number of hydrogen-bond acceptors (Lipinski definition) is 3. The quantitative estimate of drug-likeness (QED) is 0.789. The molecular weight excluding hydrogens is 279 g/mol. The maximum atomic E-state index is 12.6. The number of hydrogen-bond donors (Lipinski definition) is 0. The molecule has 0 radical (unpaired) electrons. The summed E-state index contributed by atoms with van der Waals surface area (Å²) in [6, 6.07) is 6.24. The average Bonchev–Trinajstić information content (AvgIpc) is 2.25. The molecule has 0 atom stereocenters. The molecule has 0 aliphatic carbocycles. The van der Waals surface area contributed by atoms with E-state index in [1.54, 1.807) is 24.5 Å². The molecule has 76 valence electrons. The van der Waals surface area contributed by atoms with E-state index in [0.29, 0.717) is 5.16 Å². The van der Waals surface area contributed by atoms with Crippen LogP contribution in [0, 0.1) is 5.82 Å². The van der Waals surface area contributed by atoms with Crippen LogP contribution in [0.5, 0.6) is 0 Å². The third kappa shape index (κ3) is 3.00. The largest absolute Gasteiger partial charge is 0.230 e. The van der Waals surface area contributed by atoms with Gasteiger partial charge in [0, 0.05) is 17.3 Å². The van der Waals surface area contributed by atoms with Crippen molar-refractivity contribution in [2.24, 2.45) is 0 Å². The number of nitrogens with zero attached hydrogens (tertiary/aromatic N) is 2. The summed E-state index contributed by atoms with van der Waals surface area (Å²) in [5, 5.41) is 0.643. The molecule has 2 rings (SSSR count). The topological polar surface area (TPSA) is 25.8 Å². The van der Waals surface area contributed by atoms with Crippen molar-refractivity contribution in [1.82, 2.24) is 9.97 Å². The minimum absolute atomic E-state index is 0.240. The molecule has 0 aliphatic heterocycles. The van der Waals surface area contributed by atoms with Gasteiger partial charge in [-0.2, -0.15) is 0 Å². The van der Waals surface area contributed by atoms with Gasteiger partial charge in [-0.15, -0.1) is 0 Å². The Morgan fingerprint density at radius 3 is 2.27 bits per heavy atom. The van der Waals surface area contributed by atoms with E-state index in [2.05, 4.69) is 25.9 Å². The van der Waals surface area contributed by atoms with Gasteiger partial charge in [-0.25, -0.2) is 14.4 Å². The zero-order valence-corrected chi connectivity index (χ0v) is 9.93. The van der Waals surface area contributed by atoms with Crippen molar-refractivity contribution >= 4 is 27.7 Å². The van der Waals surface area contributed by atoms with Crippen LogP contribution < -0.4 is 0 Å². The Labute approximate surface area is 99.1 Å². The first-order valence-electron chi connectivity index (χ1n) is 4.15. The summed E-state index contributed by atoms with van der Waals surface area (Å²) in [6.45, 7) is 0. The van der Waals surface area contributed by atoms with Crippen molar-refractivity contribution in [3.63, 3.8) is 0 Å². The third-order valence-electron chi connectivity index (χ3n) is 1.62. The maximum Gasteiger partial charge on any atom is 0.192 e. The van der Waals surface area contributed by atoms with E-state index in [0.717, 1.165) is 9.37 Å². The van der Waals surface area contributed by atoms with Crippen molar-refractivity contribution in [2.45, 2.75) is 10.1 Å². The molecule has 0 bridgehead atoms. The second-order valence-corrected chi connectivity index (χ2v) is 4.70. The van der Waals surface area contributed by atoms with Crippen LogP contribution in [0.2, 0.25) is 0 Å². The van der Waals surface area contributed by atoms with Crippen molar-refractivity contribution in [3.05, 3.63) is 46.9 Å². The SMILES string of the molecule is Fc1ccc(Sc2ncc(Br)cn2)cc1. The Morgan fingerprint density at radius 2 is 1.67 bits per heavy atom. The molecule has 1 aromatic carbocycles. The first kappa shape index (κ1) is 10.6. The van der Waals surface area contributed by atoms with E-state index in [9.17, 15) is 4.39 Å².